The fourth-order valence-electron chi connectivity index (χ4n) is 0.559. The van der Waals surface area contributed by atoms with E-state index in [4.69, 9.17) is 16.3 Å². The van der Waals surface area contributed by atoms with E-state index < -0.39 is 6.03 Å². The fourth-order valence-corrected chi connectivity index (χ4v) is 0.559. The molecule has 0 aromatic heterocycles. The van der Waals surface area contributed by atoms with Crippen LogP contribution in [0.1, 0.15) is 0 Å². The molecule has 0 atom stereocenters. The van der Waals surface area contributed by atoms with Gasteiger partial charge in [0.2, 0.25) is 0 Å². The summed E-state index contributed by atoms with van der Waals surface area (Å²) in [6, 6.07) is 6.32. The topological polar surface area (TPSA) is 121 Å². The van der Waals surface area contributed by atoms with E-state index in [-0.39, 0.29) is 0 Å². The molecular weight excluding hydrogens is 156 g/mol. The minimum atomic E-state index is -0.833. The maximum absolute atomic E-state index is 9.00. The Hall–Kier alpha value is -1.91. The normalized spacial score (nSPS) is 8.00. The van der Waals surface area contributed by atoms with E-state index in [2.05, 4.69) is 11.5 Å². The van der Waals surface area contributed by atoms with Crippen molar-refractivity contribution in [3.63, 3.8) is 0 Å². The molecular formula is C7H12N4O. The summed E-state index contributed by atoms with van der Waals surface area (Å²) in [5, 5.41) is 0. The van der Waals surface area contributed by atoms with Crippen LogP contribution in [0.5, 0.6) is 0 Å². The number of primary amides is 2. The monoisotopic (exact) mass is 168 g/mol. The number of nitrogens with two attached hydrogens (primary N) is 4. The third-order valence-electron chi connectivity index (χ3n) is 0.911. The minimum absolute atomic E-state index is 0.713. The van der Waals surface area contributed by atoms with E-state index in [9.17, 15) is 0 Å². The Morgan fingerprint density at radius 3 is 1.58 bits per heavy atom. The standard InChI is InChI=1S/C6H8N2.CH4N2O/c7-5-2-1-3-6(8)4-5;2-1(3)4/h1-4H,7-8H2;(H4,2,3,4). The van der Waals surface area contributed by atoms with Crippen molar-refractivity contribution in [1.29, 1.82) is 0 Å². The van der Waals surface area contributed by atoms with Gasteiger partial charge >= 0.3 is 6.03 Å². The maximum atomic E-state index is 9.00. The van der Waals surface area contributed by atoms with Gasteiger partial charge in [-0.25, -0.2) is 4.79 Å². The molecule has 0 heterocycles. The van der Waals surface area contributed by atoms with Crippen molar-refractivity contribution < 1.29 is 4.79 Å². The van der Waals surface area contributed by atoms with Gasteiger partial charge in [-0.1, -0.05) is 6.07 Å². The molecule has 0 unspecified atom stereocenters. The van der Waals surface area contributed by atoms with Gasteiger partial charge in [0.05, 0.1) is 0 Å². The molecule has 0 aliphatic heterocycles. The lowest BCUT2D eigenvalue weighted by molar-refractivity contribution is 0.256. The molecule has 0 radical (unpaired) electrons. The summed E-state index contributed by atoms with van der Waals surface area (Å²) in [4.78, 5) is 9.00. The summed E-state index contributed by atoms with van der Waals surface area (Å²) in [7, 11) is 0. The second kappa shape index (κ2) is 4.84. The average Bonchev–Trinajstić information content (AvgIpc) is 1.84. The van der Waals surface area contributed by atoms with Gasteiger partial charge in [-0.15, -0.1) is 0 Å². The second-order valence-electron chi connectivity index (χ2n) is 2.07. The van der Waals surface area contributed by atoms with Crippen LogP contribution in [0.3, 0.4) is 0 Å². The molecule has 0 saturated carbocycles. The van der Waals surface area contributed by atoms with Gasteiger partial charge in [-0.05, 0) is 18.2 Å². The van der Waals surface area contributed by atoms with Crippen molar-refractivity contribution in [3.05, 3.63) is 24.3 Å². The average molecular weight is 168 g/mol. The minimum Gasteiger partial charge on any atom is -0.399 e. The molecule has 2 amide bonds. The van der Waals surface area contributed by atoms with Crippen molar-refractivity contribution in [2.24, 2.45) is 11.5 Å². The number of nitrogen functional groups attached to an aromatic ring is 2. The van der Waals surface area contributed by atoms with Crippen molar-refractivity contribution in [2.75, 3.05) is 11.5 Å². The van der Waals surface area contributed by atoms with E-state index in [0.29, 0.717) is 11.4 Å². The lowest BCUT2D eigenvalue weighted by Crippen LogP contribution is -2.18. The molecule has 5 heteroatoms. The fraction of sp³-hybridized carbons (Fsp3) is 0. The number of hydrogen-bond donors (Lipinski definition) is 4. The molecule has 12 heavy (non-hydrogen) atoms. The van der Waals surface area contributed by atoms with Crippen molar-refractivity contribution in [2.45, 2.75) is 0 Å². The molecule has 1 aromatic carbocycles. The number of carbonyl (C=O) groups is 1. The zero-order valence-corrected chi connectivity index (χ0v) is 6.53. The molecule has 0 saturated heterocycles. The highest BCUT2D eigenvalue weighted by Gasteiger charge is 1.81. The molecule has 0 spiro atoms. The van der Waals surface area contributed by atoms with Gasteiger partial charge in [0.25, 0.3) is 0 Å². The zero-order valence-electron chi connectivity index (χ0n) is 6.53. The van der Waals surface area contributed by atoms with Crippen molar-refractivity contribution in [1.82, 2.24) is 0 Å². The van der Waals surface area contributed by atoms with Crippen LogP contribution in [0.2, 0.25) is 0 Å². The van der Waals surface area contributed by atoms with Gasteiger partial charge < -0.3 is 22.9 Å². The van der Waals surface area contributed by atoms with Gasteiger partial charge in [-0.3, -0.25) is 0 Å². The summed E-state index contributed by atoms with van der Waals surface area (Å²) in [5.41, 5.74) is 20.7. The predicted molar refractivity (Wildman–Crippen MR) is 49.0 cm³/mol. The first-order valence-corrected chi connectivity index (χ1v) is 3.18. The Morgan fingerprint density at radius 1 is 1.08 bits per heavy atom. The lowest BCUT2D eigenvalue weighted by Gasteiger charge is -1.91. The Kier molecular flexibility index (Phi) is 4.07. The van der Waals surface area contributed by atoms with Crippen LogP contribution in [0, 0.1) is 0 Å². The predicted octanol–water partition coefficient (Wildman–Crippen LogP) is -0.125. The van der Waals surface area contributed by atoms with Crippen LogP contribution in [0.25, 0.3) is 0 Å². The van der Waals surface area contributed by atoms with Crippen molar-refractivity contribution >= 4 is 17.4 Å². The van der Waals surface area contributed by atoms with Crippen LogP contribution in [-0.2, 0) is 0 Å². The van der Waals surface area contributed by atoms with Gasteiger partial charge in [-0.2, -0.15) is 0 Å². The summed E-state index contributed by atoms with van der Waals surface area (Å²) in [6.07, 6.45) is 0. The van der Waals surface area contributed by atoms with E-state index in [0.717, 1.165) is 0 Å². The lowest BCUT2D eigenvalue weighted by atomic mass is 10.3. The molecule has 1 rings (SSSR count). The third-order valence-corrected chi connectivity index (χ3v) is 0.911. The van der Waals surface area contributed by atoms with Crippen LogP contribution in [0.4, 0.5) is 16.2 Å². The smallest absolute Gasteiger partial charge is 0.309 e. The molecule has 0 aliphatic carbocycles. The number of amides is 2. The SMILES string of the molecule is NC(N)=O.Nc1cccc(N)c1. The summed E-state index contributed by atoms with van der Waals surface area (Å²) in [6.45, 7) is 0. The Morgan fingerprint density at radius 2 is 1.42 bits per heavy atom. The zero-order chi connectivity index (χ0) is 9.56. The maximum Gasteiger partial charge on any atom is 0.309 e. The largest absolute Gasteiger partial charge is 0.399 e. The number of anilines is 2. The number of rotatable bonds is 0. The summed E-state index contributed by atoms with van der Waals surface area (Å²) >= 11 is 0. The molecule has 8 N–H and O–H groups in total. The summed E-state index contributed by atoms with van der Waals surface area (Å²) in [5.74, 6) is 0. The van der Waals surface area contributed by atoms with Gasteiger partial charge in [0.1, 0.15) is 0 Å². The molecule has 66 valence electrons. The van der Waals surface area contributed by atoms with Crippen molar-refractivity contribution in [3.8, 4) is 0 Å². The molecule has 0 aliphatic rings. The van der Waals surface area contributed by atoms with E-state index in [1.54, 1.807) is 18.2 Å². The summed E-state index contributed by atoms with van der Waals surface area (Å²) < 4.78 is 0. The first-order chi connectivity index (χ1) is 5.52. The highest BCUT2D eigenvalue weighted by molar-refractivity contribution is 5.69. The highest BCUT2D eigenvalue weighted by Crippen LogP contribution is 2.06. The number of urea groups is 1. The third kappa shape index (κ3) is 6.21. The second-order valence-corrected chi connectivity index (χ2v) is 2.07. The van der Waals surface area contributed by atoms with Gasteiger partial charge in [0.15, 0.2) is 0 Å². The van der Waals surface area contributed by atoms with Crippen LogP contribution in [0.15, 0.2) is 24.3 Å². The van der Waals surface area contributed by atoms with E-state index >= 15 is 0 Å². The highest BCUT2D eigenvalue weighted by atomic mass is 16.2. The molecule has 1 aromatic rings. The van der Waals surface area contributed by atoms with Gasteiger partial charge in [0, 0.05) is 11.4 Å². The Bertz CT molecular complexity index is 240. The number of benzene rings is 1. The molecule has 0 fully saturated rings. The van der Waals surface area contributed by atoms with E-state index in [1.165, 1.54) is 0 Å². The van der Waals surface area contributed by atoms with Crippen LogP contribution < -0.4 is 22.9 Å². The molecule has 5 nitrogen and oxygen atoms in total. The molecule has 0 bridgehead atoms. The van der Waals surface area contributed by atoms with Crippen LogP contribution in [-0.4, -0.2) is 6.03 Å². The number of hydrogen-bond acceptors (Lipinski definition) is 3. The number of carbonyl (C=O) groups excluding carboxylic acids is 1. The Labute approximate surface area is 70.3 Å². The van der Waals surface area contributed by atoms with Crippen LogP contribution >= 0.6 is 0 Å². The quantitative estimate of drug-likeness (QED) is 0.404. The first-order valence-electron chi connectivity index (χ1n) is 3.18. The first kappa shape index (κ1) is 10.1. The van der Waals surface area contributed by atoms with E-state index in [1.807, 2.05) is 6.07 Å². The Balaban J connectivity index is 0.000000261.